The highest BCUT2D eigenvalue weighted by atomic mass is 35.5. The fourth-order valence-electron chi connectivity index (χ4n) is 2.46. The number of para-hydroxylation sites is 1. The van der Waals surface area contributed by atoms with Crippen molar-refractivity contribution in [1.82, 2.24) is 14.5 Å². The highest BCUT2D eigenvalue weighted by molar-refractivity contribution is 6.17. The standard InChI is InChI=1S/C16H15ClFN3/c1-11-4-2-5-12(19-11)10-21-14-7-3-6-13(18)16(14)20-15(21)8-9-17/h2-7H,8-10H2,1H3. The molecular weight excluding hydrogens is 289 g/mol. The maximum absolute atomic E-state index is 13.9. The molecule has 0 unspecified atom stereocenters. The number of aryl methyl sites for hydroxylation is 2. The zero-order chi connectivity index (χ0) is 14.8. The van der Waals surface area contributed by atoms with Gasteiger partial charge in [-0.05, 0) is 31.2 Å². The first-order valence-corrected chi connectivity index (χ1v) is 7.34. The second kappa shape index (κ2) is 5.82. The Morgan fingerprint density at radius 2 is 1.95 bits per heavy atom. The van der Waals surface area contributed by atoms with Gasteiger partial charge in [0.2, 0.25) is 0 Å². The van der Waals surface area contributed by atoms with E-state index >= 15 is 0 Å². The highest BCUT2D eigenvalue weighted by Crippen LogP contribution is 2.21. The summed E-state index contributed by atoms with van der Waals surface area (Å²) in [5.74, 6) is 0.930. The Labute approximate surface area is 127 Å². The van der Waals surface area contributed by atoms with Gasteiger partial charge in [0.1, 0.15) is 11.3 Å². The van der Waals surface area contributed by atoms with Crippen LogP contribution in [0.2, 0.25) is 0 Å². The number of pyridine rings is 1. The Morgan fingerprint density at radius 3 is 2.71 bits per heavy atom. The molecule has 0 atom stereocenters. The fraction of sp³-hybridized carbons (Fsp3) is 0.250. The molecule has 5 heteroatoms. The molecule has 0 aliphatic carbocycles. The molecule has 3 nitrogen and oxygen atoms in total. The van der Waals surface area contributed by atoms with Gasteiger partial charge < -0.3 is 4.57 Å². The first-order valence-electron chi connectivity index (χ1n) is 6.81. The minimum Gasteiger partial charge on any atom is -0.322 e. The van der Waals surface area contributed by atoms with Crippen LogP contribution < -0.4 is 0 Å². The van der Waals surface area contributed by atoms with Crippen molar-refractivity contribution >= 4 is 22.6 Å². The average molecular weight is 304 g/mol. The third kappa shape index (κ3) is 2.76. The number of hydrogen-bond donors (Lipinski definition) is 0. The van der Waals surface area contributed by atoms with E-state index < -0.39 is 0 Å². The number of fused-ring (bicyclic) bond motifs is 1. The van der Waals surface area contributed by atoms with E-state index in [-0.39, 0.29) is 5.82 Å². The second-order valence-electron chi connectivity index (χ2n) is 4.93. The van der Waals surface area contributed by atoms with Crippen molar-refractivity contribution in [3.05, 3.63) is 59.4 Å². The maximum Gasteiger partial charge on any atom is 0.151 e. The van der Waals surface area contributed by atoms with Crippen molar-refractivity contribution in [2.75, 3.05) is 5.88 Å². The molecule has 0 N–H and O–H groups in total. The molecule has 1 aromatic carbocycles. The largest absolute Gasteiger partial charge is 0.322 e. The molecule has 2 aromatic heterocycles. The van der Waals surface area contributed by atoms with E-state index in [9.17, 15) is 4.39 Å². The summed E-state index contributed by atoms with van der Waals surface area (Å²) in [7, 11) is 0. The highest BCUT2D eigenvalue weighted by Gasteiger charge is 2.14. The Bertz CT molecular complexity index is 782. The third-order valence-corrected chi connectivity index (χ3v) is 3.58. The van der Waals surface area contributed by atoms with E-state index in [0.29, 0.717) is 24.4 Å². The molecule has 0 saturated heterocycles. The van der Waals surface area contributed by atoms with E-state index in [0.717, 1.165) is 22.7 Å². The van der Waals surface area contributed by atoms with Crippen molar-refractivity contribution in [2.24, 2.45) is 0 Å². The maximum atomic E-state index is 13.9. The number of imidazole rings is 1. The van der Waals surface area contributed by atoms with E-state index in [4.69, 9.17) is 11.6 Å². The van der Waals surface area contributed by atoms with Crippen LogP contribution in [-0.4, -0.2) is 20.4 Å². The smallest absolute Gasteiger partial charge is 0.151 e. The zero-order valence-electron chi connectivity index (χ0n) is 11.7. The lowest BCUT2D eigenvalue weighted by Crippen LogP contribution is -2.07. The van der Waals surface area contributed by atoms with E-state index in [1.54, 1.807) is 6.07 Å². The van der Waals surface area contributed by atoms with Crippen molar-refractivity contribution in [1.29, 1.82) is 0 Å². The van der Waals surface area contributed by atoms with E-state index in [1.807, 2.05) is 35.8 Å². The van der Waals surface area contributed by atoms with Crippen molar-refractivity contribution < 1.29 is 4.39 Å². The van der Waals surface area contributed by atoms with Gasteiger partial charge in [-0.3, -0.25) is 4.98 Å². The molecule has 0 aliphatic rings. The number of hydrogen-bond acceptors (Lipinski definition) is 2. The summed E-state index contributed by atoms with van der Waals surface area (Å²) in [6.07, 6.45) is 0.599. The molecular formula is C16H15ClFN3. The summed E-state index contributed by atoms with van der Waals surface area (Å²) in [5, 5.41) is 0. The summed E-state index contributed by atoms with van der Waals surface area (Å²) >= 11 is 5.84. The van der Waals surface area contributed by atoms with Gasteiger partial charge in [0.15, 0.2) is 5.82 Å². The molecule has 3 aromatic rings. The number of alkyl halides is 1. The summed E-state index contributed by atoms with van der Waals surface area (Å²) < 4.78 is 15.9. The molecule has 0 saturated carbocycles. The van der Waals surface area contributed by atoms with Gasteiger partial charge in [-0.25, -0.2) is 9.37 Å². The van der Waals surface area contributed by atoms with Gasteiger partial charge in [0, 0.05) is 18.0 Å². The third-order valence-electron chi connectivity index (χ3n) is 3.39. The molecule has 21 heavy (non-hydrogen) atoms. The molecule has 3 rings (SSSR count). The first kappa shape index (κ1) is 14.0. The zero-order valence-corrected chi connectivity index (χ0v) is 12.4. The van der Waals surface area contributed by atoms with Crippen LogP contribution in [0.4, 0.5) is 4.39 Å². The van der Waals surface area contributed by atoms with Crippen LogP contribution in [0, 0.1) is 12.7 Å². The van der Waals surface area contributed by atoms with Crippen molar-refractivity contribution in [3.8, 4) is 0 Å². The van der Waals surface area contributed by atoms with Gasteiger partial charge in [-0.2, -0.15) is 0 Å². The molecule has 0 amide bonds. The number of nitrogens with zero attached hydrogens (tertiary/aromatic N) is 3. The topological polar surface area (TPSA) is 30.7 Å². The lowest BCUT2D eigenvalue weighted by atomic mass is 10.2. The molecule has 0 spiro atoms. The lowest BCUT2D eigenvalue weighted by molar-refractivity contribution is 0.637. The lowest BCUT2D eigenvalue weighted by Gasteiger charge is -2.08. The van der Waals surface area contributed by atoms with E-state index in [2.05, 4.69) is 9.97 Å². The Hall–Kier alpha value is -1.94. The second-order valence-corrected chi connectivity index (χ2v) is 5.31. The summed E-state index contributed by atoms with van der Waals surface area (Å²) in [6.45, 7) is 2.52. The Kier molecular flexibility index (Phi) is 3.88. The van der Waals surface area contributed by atoms with E-state index in [1.165, 1.54) is 6.07 Å². The number of aromatic nitrogens is 3. The van der Waals surface area contributed by atoms with Crippen LogP contribution >= 0.6 is 11.6 Å². The molecule has 0 aliphatic heterocycles. The van der Waals surface area contributed by atoms with Crippen molar-refractivity contribution in [3.63, 3.8) is 0 Å². The number of halogens is 2. The average Bonchev–Trinajstić information content (AvgIpc) is 2.79. The van der Waals surface area contributed by atoms with Gasteiger partial charge >= 0.3 is 0 Å². The summed E-state index contributed by atoms with van der Waals surface area (Å²) in [5.41, 5.74) is 3.06. The van der Waals surface area contributed by atoms with Crippen LogP contribution in [0.25, 0.3) is 11.0 Å². The predicted molar refractivity (Wildman–Crippen MR) is 82.2 cm³/mol. The van der Waals surface area contributed by atoms with Crippen molar-refractivity contribution in [2.45, 2.75) is 19.9 Å². The minimum atomic E-state index is -0.306. The van der Waals surface area contributed by atoms with Crippen LogP contribution in [0.15, 0.2) is 36.4 Å². The minimum absolute atomic E-state index is 0.306. The normalized spacial score (nSPS) is 11.2. The fourth-order valence-corrected chi connectivity index (χ4v) is 2.63. The molecule has 0 bridgehead atoms. The monoisotopic (exact) mass is 303 g/mol. The van der Waals surface area contributed by atoms with Gasteiger partial charge in [0.25, 0.3) is 0 Å². The van der Waals surface area contributed by atoms with Gasteiger partial charge in [-0.15, -0.1) is 11.6 Å². The Balaban J connectivity index is 2.11. The Morgan fingerprint density at radius 1 is 1.14 bits per heavy atom. The SMILES string of the molecule is Cc1cccc(Cn2c(CCCl)nc3c(F)cccc32)n1. The van der Waals surface area contributed by atoms with Gasteiger partial charge in [0.05, 0.1) is 17.8 Å². The quantitative estimate of drug-likeness (QED) is 0.688. The van der Waals surface area contributed by atoms with Crippen LogP contribution in [0.3, 0.4) is 0 Å². The van der Waals surface area contributed by atoms with Crippen LogP contribution in [-0.2, 0) is 13.0 Å². The summed E-state index contributed by atoms with van der Waals surface area (Å²) in [6, 6.07) is 10.9. The molecule has 0 radical (unpaired) electrons. The van der Waals surface area contributed by atoms with Crippen LogP contribution in [0.1, 0.15) is 17.2 Å². The molecule has 2 heterocycles. The van der Waals surface area contributed by atoms with Crippen LogP contribution in [0.5, 0.6) is 0 Å². The first-order chi connectivity index (χ1) is 10.2. The number of benzene rings is 1. The number of rotatable bonds is 4. The molecule has 108 valence electrons. The summed E-state index contributed by atoms with van der Waals surface area (Å²) in [4.78, 5) is 8.90. The molecule has 0 fully saturated rings. The predicted octanol–water partition coefficient (Wildman–Crippen LogP) is 3.71. The van der Waals surface area contributed by atoms with Gasteiger partial charge in [-0.1, -0.05) is 12.1 Å².